The van der Waals surface area contributed by atoms with E-state index < -0.39 is 0 Å². The normalized spacial score (nSPS) is 10.6. The van der Waals surface area contributed by atoms with Crippen LogP contribution in [-0.2, 0) is 6.42 Å². The first kappa shape index (κ1) is 14.6. The van der Waals surface area contributed by atoms with E-state index in [1.807, 2.05) is 12.1 Å². The van der Waals surface area contributed by atoms with Crippen molar-refractivity contribution in [2.45, 2.75) is 33.6 Å². The summed E-state index contributed by atoms with van der Waals surface area (Å²) < 4.78 is 6.06. The molecule has 0 heterocycles. The molecule has 0 aromatic heterocycles. The second-order valence-electron chi connectivity index (χ2n) is 5.29. The van der Waals surface area contributed by atoms with Crippen LogP contribution in [0.5, 0.6) is 11.5 Å². The Balaban J connectivity index is 2.16. The molecule has 2 aromatic carbocycles. The SMILES string of the molecule is Cc1ccc(C)c(Oc2ccc(CCCN)cc2)c1C. The van der Waals surface area contributed by atoms with Crippen LogP contribution in [0.4, 0.5) is 0 Å². The molecule has 2 rings (SSSR count). The number of hydrogen-bond acceptors (Lipinski definition) is 2. The number of ether oxygens (including phenoxy) is 1. The molecule has 0 fully saturated rings. The minimum Gasteiger partial charge on any atom is -0.457 e. The van der Waals surface area contributed by atoms with Gasteiger partial charge in [-0.05, 0) is 74.5 Å². The fourth-order valence-electron chi connectivity index (χ4n) is 2.23. The lowest BCUT2D eigenvalue weighted by atomic mass is 10.1. The Morgan fingerprint density at radius 1 is 0.900 bits per heavy atom. The van der Waals surface area contributed by atoms with Gasteiger partial charge in [-0.15, -0.1) is 0 Å². The molecule has 2 N–H and O–H groups in total. The summed E-state index contributed by atoms with van der Waals surface area (Å²) in [5.74, 6) is 1.86. The van der Waals surface area contributed by atoms with E-state index in [4.69, 9.17) is 10.5 Å². The molecule has 20 heavy (non-hydrogen) atoms. The van der Waals surface area contributed by atoms with Crippen LogP contribution in [0.25, 0.3) is 0 Å². The first-order valence-corrected chi connectivity index (χ1v) is 7.15. The minimum atomic E-state index is 0.736. The molecule has 0 atom stereocenters. The summed E-state index contributed by atoms with van der Waals surface area (Å²) in [6.45, 7) is 7.03. The molecular weight excluding hydrogens is 246 g/mol. The molecule has 0 aliphatic heterocycles. The molecule has 106 valence electrons. The van der Waals surface area contributed by atoms with E-state index in [9.17, 15) is 0 Å². The second-order valence-corrected chi connectivity index (χ2v) is 5.29. The van der Waals surface area contributed by atoms with E-state index in [1.54, 1.807) is 0 Å². The van der Waals surface area contributed by atoms with Gasteiger partial charge in [0.25, 0.3) is 0 Å². The average Bonchev–Trinajstić information content (AvgIpc) is 2.47. The first-order valence-electron chi connectivity index (χ1n) is 7.15. The second kappa shape index (κ2) is 6.58. The highest BCUT2D eigenvalue weighted by Crippen LogP contribution is 2.30. The quantitative estimate of drug-likeness (QED) is 0.878. The molecular formula is C18H23NO. The summed E-state index contributed by atoms with van der Waals surface area (Å²) in [6, 6.07) is 12.5. The highest BCUT2D eigenvalue weighted by molar-refractivity contribution is 5.47. The molecule has 0 amide bonds. The van der Waals surface area contributed by atoms with Gasteiger partial charge >= 0.3 is 0 Å². The van der Waals surface area contributed by atoms with Crippen LogP contribution in [0.2, 0.25) is 0 Å². The summed E-state index contributed by atoms with van der Waals surface area (Å²) in [6.07, 6.45) is 2.05. The fourth-order valence-corrected chi connectivity index (χ4v) is 2.23. The number of aryl methyl sites for hydroxylation is 3. The van der Waals surface area contributed by atoms with Crippen LogP contribution in [-0.4, -0.2) is 6.54 Å². The summed E-state index contributed by atoms with van der Waals surface area (Å²) in [7, 11) is 0. The predicted molar refractivity (Wildman–Crippen MR) is 84.5 cm³/mol. The molecule has 0 saturated carbocycles. The Bertz CT molecular complexity index is 573. The molecule has 0 bridgehead atoms. The van der Waals surface area contributed by atoms with Crippen LogP contribution < -0.4 is 10.5 Å². The van der Waals surface area contributed by atoms with E-state index in [-0.39, 0.29) is 0 Å². The topological polar surface area (TPSA) is 35.2 Å². The third kappa shape index (κ3) is 3.40. The fraction of sp³-hybridized carbons (Fsp3) is 0.333. The largest absolute Gasteiger partial charge is 0.457 e. The van der Waals surface area contributed by atoms with E-state index in [0.717, 1.165) is 30.9 Å². The maximum absolute atomic E-state index is 6.06. The van der Waals surface area contributed by atoms with Gasteiger partial charge in [0.2, 0.25) is 0 Å². The van der Waals surface area contributed by atoms with E-state index >= 15 is 0 Å². The van der Waals surface area contributed by atoms with Crippen molar-refractivity contribution in [3.8, 4) is 11.5 Å². The van der Waals surface area contributed by atoms with Gasteiger partial charge in [0, 0.05) is 0 Å². The van der Waals surface area contributed by atoms with Crippen molar-refractivity contribution in [1.82, 2.24) is 0 Å². The third-order valence-corrected chi connectivity index (χ3v) is 3.69. The van der Waals surface area contributed by atoms with Crippen LogP contribution >= 0.6 is 0 Å². The standard InChI is InChI=1S/C18H23NO/c1-13-6-7-14(2)18(15(13)3)20-17-10-8-16(9-11-17)5-4-12-19/h6-11H,4-5,12,19H2,1-3H3. The zero-order valence-electron chi connectivity index (χ0n) is 12.6. The first-order chi connectivity index (χ1) is 9.61. The van der Waals surface area contributed by atoms with E-state index in [1.165, 1.54) is 22.3 Å². The van der Waals surface area contributed by atoms with Crippen molar-refractivity contribution in [2.24, 2.45) is 5.73 Å². The Hall–Kier alpha value is -1.80. The molecule has 0 saturated heterocycles. The van der Waals surface area contributed by atoms with Gasteiger partial charge in [0.1, 0.15) is 11.5 Å². The maximum atomic E-state index is 6.06. The number of benzene rings is 2. The molecule has 2 heteroatoms. The molecule has 0 unspecified atom stereocenters. The van der Waals surface area contributed by atoms with Crippen LogP contribution in [0.1, 0.15) is 28.7 Å². The lowest BCUT2D eigenvalue weighted by Gasteiger charge is -2.14. The van der Waals surface area contributed by atoms with Gasteiger partial charge in [-0.3, -0.25) is 0 Å². The zero-order chi connectivity index (χ0) is 14.5. The van der Waals surface area contributed by atoms with Crippen molar-refractivity contribution in [3.05, 3.63) is 58.7 Å². The van der Waals surface area contributed by atoms with Crippen LogP contribution in [0, 0.1) is 20.8 Å². The van der Waals surface area contributed by atoms with Gasteiger partial charge in [0.15, 0.2) is 0 Å². The van der Waals surface area contributed by atoms with Crippen molar-refractivity contribution < 1.29 is 4.74 Å². The summed E-state index contributed by atoms with van der Waals surface area (Å²) in [5, 5.41) is 0. The molecule has 0 aliphatic carbocycles. The Morgan fingerprint density at radius 3 is 2.20 bits per heavy atom. The Morgan fingerprint density at radius 2 is 1.55 bits per heavy atom. The molecule has 2 aromatic rings. The summed E-state index contributed by atoms with van der Waals surface area (Å²) in [5.41, 5.74) is 10.5. The highest BCUT2D eigenvalue weighted by atomic mass is 16.5. The van der Waals surface area contributed by atoms with Crippen molar-refractivity contribution >= 4 is 0 Å². The van der Waals surface area contributed by atoms with Crippen LogP contribution in [0.3, 0.4) is 0 Å². The lowest BCUT2D eigenvalue weighted by Crippen LogP contribution is -2.00. The summed E-state index contributed by atoms with van der Waals surface area (Å²) >= 11 is 0. The van der Waals surface area contributed by atoms with E-state index in [2.05, 4.69) is 45.0 Å². The molecule has 2 nitrogen and oxygen atoms in total. The smallest absolute Gasteiger partial charge is 0.133 e. The van der Waals surface area contributed by atoms with Crippen molar-refractivity contribution in [2.75, 3.05) is 6.54 Å². The van der Waals surface area contributed by atoms with Crippen LogP contribution in [0.15, 0.2) is 36.4 Å². The van der Waals surface area contributed by atoms with Crippen molar-refractivity contribution in [1.29, 1.82) is 0 Å². The lowest BCUT2D eigenvalue weighted by molar-refractivity contribution is 0.474. The predicted octanol–water partition coefficient (Wildman–Crippen LogP) is 4.30. The highest BCUT2D eigenvalue weighted by Gasteiger charge is 2.07. The molecule has 0 spiro atoms. The van der Waals surface area contributed by atoms with Gasteiger partial charge in [-0.1, -0.05) is 24.3 Å². The molecule has 0 radical (unpaired) electrons. The third-order valence-electron chi connectivity index (χ3n) is 3.69. The number of rotatable bonds is 5. The molecule has 0 aliphatic rings. The number of nitrogens with two attached hydrogens (primary N) is 1. The Kier molecular flexibility index (Phi) is 4.80. The minimum absolute atomic E-state index is 0.736. The number of hydrogen-bond donors (Lipinski definition) is 1. The van der Waals surface area contributed by atoms with Gasteiger partial charge in [0.05, 0.1) is 0 Å². The maximum Gasteiger partial charge on any atom is 0.133 e. The van der Waals surface area contributed by atoms with Gasteiger partial charge in [-0.2, -0.15) is 0 Å². The zero-order valence-corrected chi connectivity index (χ0v) is 12.6. The van der Waals surface area contributed by atoms with Gasteiger partial charge in [-0.25, -0.2) is 0 Å². The van der Waals surface area contributed by atoms with Gasteiger partial charge < -0.3 is 10.5 Å². The van der Waals surface area contributed by atoms with E-state index in [0.29, 0.717) is 0 Å². The Labute approximate surface area is 121 Å². The summed E-state index contributed by atoms with van der Waals surface area (Å²) in [4.78, 5) is 0. The van der Waals surface area contributed by atoms with Crippen molar-refractivity contribution in [3.63, 3.8) is 0 Å². The average molecular weight is 269 g/mol. The monoisotopic (exact) mass is 269 g/mol.